The van der Waals surface area contributed by atoms with Crippen molar-refractivity contribution < 1.29 is 5.11 Å². The molecule has 6 rings (SSSR count). The number of rotatable bonds is 4. The predicted octanol–water partition coefficient (Wildman–Crippen LogP) is 8.55. The number of nitrogens with zero attached hydrogens (tertiary/aromatic N) is 2. The summed E-state index contributed by atoms with van der Waals surface area (Å²) in [4.78, 5) is 7.47. The van der Waals surface area contributed by atoms with Crippen LogP contribution in [0.5, 0.6) is 5.75 Å². The SMILES string of the molecule is Oc1c(Br)cc(Br)cc1C=Nc1cc2c3c(c1)[C@H](c1ccccc1)CCN3CC[C@@H]2c1ccccc1. The van der Waals surface area contributed by atoms with Crippen LogP contribution in [0.1, 0.15) is 52.5 Å². The number of anilines is 1. The molecular weight excluding hydrogens is 576 g/mol. The van der Waals surface area contributed by atoms with Crippen molar-refractivity contribution in [2.75, 3.05) is 18.0 Å². The van der Waals surface area contributed by atoms with Crippen LogP contribution in [0.15, 0.2) is 98.9 Å². The summed E-state index contributed by atoms with van der Waals surface area (Å²) in [6.45, 7) is 2.15. The number of halogens is 2. The van der Waals surface area contributed by atoms with Crippen LogP contribution in [-0.4, -0.2) is 24.4 Å². The van der Waals surface area contributed by atoms with E-state index in [-0.39, 0.29) is 5.75 Å². The first kappa shape index (κ1) is 23.5. The Hall–Kier alpha value is -2.89. The van der Waals surface area contributed by atoms with Crippen LogP contribution in [0.3, 0.4) is 0 Å². The summed E-state index contributed by atoms with van der Waals surface area (Å²) in [5.41, 5.74) is 8.41. The summed E-state index contributed by atoms with van der Waals surface area (Å²) >= 11 is 6.95. The van der Waals surface area contributed by atoms with Crippen molar-refractivity contribution in [3.05, 3.63) is 122 Å². The Morgan fingerprint density at radius 3 is 1.89 bits per heavy atom. The van der Waals surface area contributed by atoms with E-state index in [2.05, 4.69) is 110 Å². The molecule has 0 aromatic heterocycles. The predicted molar refractivity (Wildman–Crippen MR) is 155 cm³/mol. The van der Waals surface area contributed by atoms with E-state index in [1.807, 2.05) is 12.1 Å². The van der Waals surface area contributed by atoms with Crippen molar-refractivity contribution in [1.82, 2.24) is 0 Å². The summed E-state index contributed by atoms with van der Waals surface area (Å²) in [5.74, 6) is 0.875. The Morgan fingerprint density at radius 1 is 0.778 bits per heavy atom. The van der Waals surface area contributed by atoms with Crippen molar-refractivity contribution in [2.24, 2.45) is 4.99 Å². The first-order valence-electron chi connectivity index (χ1n) is 12.3. The van der Waals surface area contributed by atoms with Crippen LogP contribution in [-0.2, 0) is 0 Å². The van der Waals surface area contributed by atoms with E-state index in [1.54, 1.807) is 6.21 Å². The lowest BCUT2D eigenvalue weighted by Crippen LogP contribution is -2.37. The van der Waals surface area contributed by atoms with Crippen molar-refractivity contribution >= 4 is 49.4 Å². The molecule has 4 aromatic rings. The minimum Gasteiger partial charge on any atom is -0.506 e. The van der Waals surface area contributed by atoms with Gasteiger partial charge in [0.25, 0.3) is 0 Å². The molecule has 2 aliphatic heterocycles. The van der Waals surface area contributed by atoms with E-state index >= 15 is 0 Å². The highest BCUT2D eigenvalue weighted by atomic mass is 79.9. The second kappa shape index (κ2) is 9.87. The third-order valence-electron chi connectivity index (χ3n) is 7.41. The zero-order valence-electron chi connectivity index (χ0n) is 19.7. The Bertz CT molecular complexity index is 1360. The number of hydrogen-bond donors (Lipinski definition) is 1. The first-order valence-corrected chi connectivity index (χ1v) is 13.9. The fourth-order valence-electron chi connectivity index (χ4n) is 5.74. The molecule has 0 saturated heterocycles. The van der Waals surface area contributed by atoms with Crippen LogP contribution in [0.25, 0.3) is 0 Å². The smallest absolute Gasteiger partial charge is 0.138 e. The normalized spacial score (nSPS) is 18.9. The highest BCUT2D eigenvalue weighted by Crippen LogP contribution is 2.50. The van der Waals surface area contributed by atoms with Gasteiger partial charge in [0.15, 0.2) is 0 Å². The molecule has 0 fully saturated rings. The van der Waals surface area contributed by atoms with Gasteiger partial charge in [0.2, 0.25) is 0 Å². The van der Waals surface area contributed by atoms with E-state index in [4.69, 9.17) is 4.99 Å². The Kier molecular flexibility index (Phi) is 6.44. The van der Waals surface area contributed by atoms with Crippen LogP contribution in [0.2, 0.25) is 0 Å². The van der Waals surface area contributed by atoms with Crippen molar-refractivity contribution in [3.8, 4) is 5.75 Å². The summed E-state index contributed by atoms with van der Waals surface area (Å²) in [5, 5.41) is 10.6. The molecule has 0 aliphatic carbocycles. The molecule has 0 saturated carbocycles. The molecule has 0 radical (unpaired) electrons. The standard InChI is InChI=1S/C31H26Br2N2O/c32-23-15-22(31(36)29(33)16-23)19-34-24-17-27-25(20-7-3-1-4-8-20)11-13-35-14-12-26(28(18-24)30(27)35)21-9-5-2-6-10-21/h1-10,15-19,25-26,36H,11-14H2/t25-,26+. The molecule has 0 unspecified atom stereocenters. The fourth-order valence-corrected chi connectivity index (χ4v) is 7.00. The quantitative estimate of drug-likeness (QED) is 0.238. The van der Waals surface area contributed by atoms with E-state index < -0.39 is 0 Å². The fraction of sp³-hybridized carbons (Fsp3) is 0.194. The lowest BCUT2D eigenvalue weighted by Gasteiger charge is -2.43. The average Bonchev–Trinajstić information content (AvgIpc) is 2.91. The van der Waals surface area contributed by atoms with Crippen LogP contribution >= 0.6 is 31.9 Å². The van der Waals surface area contributed by atoms with Gasteiger partial charge < -0.3 is 10.0 Å². The molecule has 2 heterocycles. The maximum atomic E-state index is 10.6. The molecule has 180 valence electrons. The molecule has 4 aromatic carbocycles. The summed E-state index contributed by atoms with van der Waals surface area (Å²) in [6, 6.07) is 29.9. The van der Waals surface area contributed by atoms with Crippen molar-refractivity contribution in [3.63, 3.8) is 0 Å². The molecule has 2 atom stereocenters. The summed E-state index contributed by atoms with van der Waals surface area (Å²) < 4.78 is 1.53. The first-order chi connectivity index (χ1) is 17.6. The number of benzene rings is 4. The number of aromatic hydroxyl groups is 1. The monoisotopic (exact) mass is 600 g/mol. The molecule has 1 N–H and O–H groups in total. The molecule has 36 heavy (non-hydrogen) atoms. The van der Waals surface area contributed by atoms with E-state index in [1.165, 1.54) is 27.9 Å². The summed E-state index contributed by atoms with van der Waals surface area (Å²) in [7, 11) is 0. The van der Waals surface area contributed by atoms with Gasteiger partial charge in [-0.2, -0.15) is 0 Å². The van der Waals surface area contributed by atoms with Crippen LogP contribution < -0.4 is 4.90 Å². The molecule has 5 heteroatoms. The van der Waals surface area contributed by atoms with Crippen molar-refractivity contribution in [1.29, 1.82) is 0 Å². The van der Waals surface area contributed by atoms with Gasteiger partial charge >= 0.3 is 0 Å². The Balaban J connectivity index is 1.51. The average molecular weight is 602 g/mol. The van der Waals surface area contributed by atoms with Crippen molar-refractivity contribution in [2.45, 2.75) is 24.7 Å². The van der Waals surface area contributed by atoms with E-state index in [0.717, 1.165) is 36.1 Å². The van der Waals surface area contributed by atoms with Gasteiger partial charge in [-0.05, 0) is 75.3 Å². The summed E-state index contributed by atoms with van der Waals surface area (Å²) in [6.07, 6.45) is 3.95. The third-order valence-corrected chi connectivity index (χ3v) is 8.47. The lowest BCUT2D eigenvalue weighted by molar-refractivity contribution is 0.471. The highest BCUT2D eigenvalue weighted by Gasteiger charge is 2.35. The lowest BCUT2D eigenvalue weighted by atomic mass is 9.76. The van der Waals surface area contributed by atoms with Gasteiger partial charge in [-0.25, -0.2) is 0 Å². The zero-order valence-corrected chi connectivity index (χ0v) is 22.9. The molecule has 2 aliphatic rings. The number of hydrogen-bond acceptors (Lipinski definition) is 3. The molecule has 0 amide bonds. The minimum atomic E-state index is 0.191. The van der Waals surface area contributed by atoms with Gasteiger partial charge in [0.05, 0.1) is 10.2 Å². The number of aliphatic imine (C=N–C) groups is 1. The Labute approximate surface area is 228 Å². The topological polar surface area (TPSA) is 35.8 Å². The molecule has 3 nitrogen and oxygen atoms in total. The minimum absolute atomic E-state index is 0.191. The van der Waals surface area contributed by atoms with Gasteiger partial charge in [-0.3, -0.25) is 4.99 Å². The molecular formula is C31H26Br2N2O. The number of phenols is 1. The van der Waals surface area contributed by atoms with Crippen LogP contribution in [0.4, 0.5) is 11.4 Å². The Morgan fingerprint density at radius 2 is 1.33 bits per heavy atom. The zero-order chi connectivity index (χ0) is 24.6. The highest BCUT2D eigenvalue weighted by molar-refractivity contribution is 9.11. The van der Waals surface area contributed by atoms with E-state index in [0.29, 0.717) is 21.9 Å². The second-order valence-corrected chi connectivity index (χ2v) is 11.3. The maximum absolute atomic E-state index is 10.6. The largest absolute Gasteiger partial charge is 0.506 e. The third kappa shape index (κ3) is 4.39. The maximum Gasteiger partial charge on any atom is 0.138 e. The van der Waals surface area contributed by atoms with Crippen LogP contribution in [0, 0.1) is 0 Å². The van der Waals surface area contributed by atoms with Gasteiger partial charge in [0, 0.05) is 46.9 Å². The molecule has 0 spiro atoms. The second-order valence-electron chi connectivity index (χ2n) is 9.55. The van der Waals surface area contributed by atoms with Gasteiger partial charge in [-0.1, -0.05) is 76.6 Å². The van der Waals surface area contributed by atoms with Gasteiger partial charge in [-0.15, -0.1) is 0 Å². The number of phenolic OH excluding ortho intramolecular Hbond substituents is 1. The molecule has 0 bridgehead atoms. The van der Waals surface area contributed by atoms with Gasteiger partial charge in [0.1, 0.15) is 5.75 Å². The van der Waals surface area contributed by atoms with E-state index in [9.17, 15) is 5.11 Å².